The van der Waals surface area contributed by atoms with Crippen molar-refractivity contribution in [3.8, 4) is 11.5 Å². The second-order valence-corrected chi connectivity index (χ2v) is 6.53. The Labute approximate surface area is 164 Å². The van der Waals surface area contributed by atoms with Crippen LogP contribution in [0.1, 0.15) is 25.5 Å². The summed E-state index contributed by atoms with van der Waals surface area (Å²) in [6.07, 6.45) is 0. The second-order valence-electron chi connectivity index (χ2n) is 6.12. The summed E-state index contributed by atoms with van der Waals surface area (Å²) in [5.74, 6) is 1.37. The van der Waals surface area contributed by atoms with E-state index in [9.17, 15) is 4.79 Å². The maximum atomic E-state index is 12.7. The maximum absolute atomic E-state index is 12.7. The zero-order valence-electron chi connectivity index (χ0n) is 15.3. The van der Waals surface area contributed by atoms with Gasteiger partial charge in [-0.1, -0.05) is 30.3 Å². The van der Waals surface area contributed by atoms with Gasteiger partial charge in [0.2, 0.25) is 0 Å². The number of allylic oxidation sites excluding steroid dienone is 1. The van der Waals surface area contributed by atoms with Gasteiger partial charge >= 0.3 is 0 Å². The fourth-order valence-electron chi connectivity index (χ4n) is 2.97. The van der Waals surface area contributed by atoms with Crippen LogP contribution in [0.15, 0.2) is 65.9 Å². The molecule has 0 saturated heterocycles. The lowest BCUT2D eigenvalue weighted by Crippen LogP contribution is -2.45. The quantitative estimate of drug-likeness (QED) is 0.709. The summed E-state index contributed by atoms with van der Waals surface area (Å²) < 4.78 is 11.2. The number of benzene rings is 2. The predicted molar refractivity (Wildman–Crippen MR) is 109 cm³/mol. The average Bonchev–Trinajstić information content (AvgIpc) is 2.66. The van der Waals surface area contributed by atoms with Crippen molar-refractivity contribution in [3.63, 3.8) is 0 Å². The molecule has 0 amide bonds. The third-order valence-corrected chi connectivity index (χ3v) is 4.40. The number of ether oxygens (including phenoxy) is 2. The highest BCUT2D eigenvalue weighted by Gasteiger charge is 2.29. The molecule has 5 nitrogen and oxygen atoms in total. The third-order valence-electron chi connectivity index (χ3n) is 4.18. The zero-order valence-corrected chi connectivity index (χ0v) is 16.1. The average molecular weight is 382 g/mol. The second kappa shape index (κ2) is 8.79. The van der Waals surface area contributed by atoms with Gasteiger partial charge < -0.3 is 20.1 Å². The standard InChI is InChI=1S/C21H22N2O3S/c1-3-25-13-18(24)19-14(2)22-21(27)23-20(19)15-8-7-11-17(12-15)26-16-9-5-4-6-10-16/h4-12,20H,3,13H2,1-2H3,(H2,22,23,27)/t20-/m0/s1. The molecule has 2 aromatic carbocycles. The van der Waals surface area contributed by atoms with Crippen molar-refractivity contribution in [3.05, 3.63) is 71.4 Å². The molecule has 2 aromatic rings. The Bertz CT molecular complexity index is 865. The number of ketones is 1. The Kier molecular flexibility index (Phi) is 6.21. The molecule has 6 heteroatoms. The normalized spacial score (nSPS) is 16.5. The predicted octanol–water partition coefficient (Wildman–Crippen LogP) is 3.88. The van der Waals surface area contributed by atoms with E-state index in [1.165, 1.54) is 0 Å². The van der Waals surface area contributed by atoms with Crippen LogP contribution in [0.3, 0.4) is 0 Å². The molecule has 2 N–H and O–H groups in total. The van der Waals surface area contributed by atoms with Gasteiger partial charge in [0.1, 0.15) is 18.1 Å². The molecule has 0 spiro atoms. The molecule has 1 aliphatic rings. The van der Waals surface area contributed by atoms with Crippen molar-refractivity contribution in [2.24, 2.45) is 0 Å². The minimum atomic E-state index is -0.356. The van der Waals surface area contributed by atoms with Crippen molar-refractivity contribution >= 4 is 23.1 Å². The summed E-state index contributed by atoms with van der Waals surface area (Å²) >= 11 is 5.29. The minimum absolute atomic E-state index is 0.0377. The molecule has 3 rings (SSSR count). The highest BCUT2D eigenvalue weighted by atomic mass is 32.1. The van der Waals surface area contributed by atoms with Crippen LogP contribution in [0.25, 0.3) is 0 Å². The van der Waals surface area contributed by atoms with Crippen LogP contribution in [-0.4, -0.2) is 24.1 Å². The number of para-hydroxylation sites is 1. The summed E-state index contributed by atoms with van der Waals surface area (Å²) in [6, 6.07) is 16.9. The zero-order chi connectivity index (χ0) is 19.2. The molecule has 1 heterocycles. The summed E-state index contributed by atoms with van der Waals surface area (Å²) in [5.41, 5.74) is 2.25. The van der Waals surface area contributed by atoms with E-state index in [0.717, 1.165) is 17.0 Å². The minimum Gasteiger partial charge on any atom is -0.457 e. The lowest BCUT2D eigenvalue weighted by Gasteiger charge is -2.30. The molecule has 0 unspecified atom stereocenters. The van der Waals surface area contributed by atoms with Gasteiger partial charge in [0.15, 0.2) is 10.9 Å². The monoisotopic (exact) mass is 382 g/mol. The first kappa shape index (κ1) is 19.1. The number of Topliss-reactive ketones (excluding diaryl/α,β-unsaturated/α-hetero) is 1. The van der Waals surface area contributed by atoms with Crippen LogP contribution in [-0.2, 0) is 9.53 Å². The van der Waals surface area contributed by atoms with Crippen molar-refractivity contribution in [2.45, 2.75) is 19.9 Å². The van der Waals surface area contributed by atoms with E-state index >= 15 is 0 Å². The van der Waals surface area contributed by atoms with Gasteiger partial charge in [-0.3, -0.25) is 4.79 Å². The van der Waals surface area contributed by atoms with Gasteiger partial charge in [-0.15, -0.1) is 0 Å². The lowest BCUT2D eigenvalue weighted by atomic mass is 9.92. The van der Waals surface area contributed by atoms with Crippen molar-refractivity contribution in [1.82, 2.24) is 10.6 Å². The molecular formula is C21H22N2O3S. The number of thiocarbonyl (C=S) groups is 1. The van der Waals surface area contributed by atoms with Gasteiger partial charge in [0.05, 0.1) is 6.04 Å². The van der Waals surface area contributed by atoms with E-state index in [0.29, 0.717) is 23.0 Å². The Morgan fingerprint density at radius 3 is 2.59 bits per heavy atom. The van der Waals surface area contributed by atoms with Crippen LogP contribution in [0.4, 0.5) is 0 Å². The van der Waals surface area contributed by atoms with Gasteiger partial charge in [-0.2, -0.15) is 0 Å². The molecule has 0 saturated carbocycles. The van der Waals surface area contributed by atoms with Gasteiger partial charge in [-0.25, -0.2) is 0 Å². The molecule has 1 atom stereocenters. The first-order chi connectivity index (χ1) is 13.1. The van der Waals surface area contributed by atoms with Crippen molar-refractivity contribution < 1.29 is 14.3 Å². The van der Waals surface area contributed by atoms with E-state index in [2.05, 4.69) is 10.6 Å². The van der Waals surface area contributed by atoms with E-state index < -0.39 is 0 Å². The number of nitrogens with one attached hydrogen (secondary N) is 2. The summed E-state index contributed by atoms with van der Waals surface area (Å²) in [7, 11) is 0. The molecule has 0 fully saturated rings. The summed E-state index contributed by atoms with van der Waals surface area (Å²) in [5, 5.41) is 6.71. The molecule has 140 valence electrons. The van der Waals surface area contributed by atoms with Gasteiger partial charge in [0.25, 0.3) is 0 Å². The molecule has 0 bridgehead atoms. The van der Waals surface area contributed by atoms with Crippen molar-refractivity contribution in [2.75, 3.05) is 13.2 Å². The molecule has 27 heavy (non-hydrogen) atoms. The fourth-order valence-corrected chi connectivity index (χ4v) is 3.24. The number of rotatable bonds is 7. The smallest absolute Gasteiger partial charge is 0.188 e. The number of carbonyl (C=O) groups is 1. The van der Waals surface area contributed by atoms with Crippen LogP contribution < -0.4 is 15.4 Å². The van der Waals surface area contributed by atoms with Gasteiger partial charge in [-0.05, 0) is 55.9 Å². The first-order valence-corrected chi connectivity index (χ1v) is 9.21. The van der Waals surface area contributed by atoms with Crippen LogP contribution in [0.2, 0.25) is 0 Å². The fraction of sp³-hybridized carbons (Fsp3) is 0.238. The number of hydrogen-bond acceptors (Lipinski definition) is 4. The molecule has 1 aliphatic heterocycles. The highest BCUT2D eigenvalue weighted by molar-refractivity contribution is 7.80. The van der Waals surface area contributed by atoms with E-state index in [-0.39, 0.29) is 18.4 Å². The molecule has 0 aromatic heterocycles. The molecule has 0 radical (unpaired) electrons. The summed E-state index contributed by atoms with van der Waals surface area (Å²) in [4.78, 5) is 12.7. The molecule has 0 aliphatic carbocycles. The third kappa shape index (κ3) is 4.72. The maximum Gasteiger partial charge on any atom is 0.188 e. The number of hydrogen-bond donors (Lipinski definition) is 2. The van der Waals surface area contributed by atoms with Crippen LogP contribution in [0.5, 0.6) is 11.5 Å². The van der Waals surface area contributed by atoms with E-state index in [1.54, 1.807) is 0 Å². The largest absolute Gasteiger partial charge is 0.457 e. The Morgan fingerprint density at radius 1 is 1.11 bits per heavy atom. The Morgan fingerprint density at radius 2 is 1.85 bits per heavy atom. The topological polar surface area (TPSA) is 59.6 Å². The van der Waals surface area contributed by atoms with E-state index in [1.807, 2.05) is 68.4 Å². The summed E-state index contributed by atoms with van der Waals surface area (Å²) in [6.45, 7) is 4.24. The molecular weight excluding hydrogens is 360 g/mol. The van der Waals surface area contributed by atoms with E-state index in [4.69, 9.17) is 21.7 Å². The highest BCUT2D eigenvalue weighted by Crippen LogP contribution is 2.31. The van der Waals surface area contributed by atoms with Crippen LogP contribution in [0, 0.1) is 0 Å². The lowest BCUT2D eigenvalue weighted by molar-refractivity contribution is -0.120. The SMILES string of the molecule is CCOCC(=O)C1=C(C)NC(=S)N[C@H]1c1cccc(Oc2ccccc2)c1. The van der Waals surface area contributed by atoms with Crippen molar-refractivity contribution in [1.29, 1.82) is 0 Å². The Hall–Kier alpha value is -2.70. The van der Waals surface area contributed by atoms with Gasteiger partial charge in [0, 0.05) is 17.9 Å². The first-order valence-electron chi connectivity index (χ1n) is 8.80. The number of carbonyl (C=O) groups excluding carboxylic acids is 1. The Balaban J connectivity index is 1.90. The van der Waals surface area contributed by atoms with Crippen LogP contribution >= 0.6 is 12.2 Å².